The number of para-hydroxylation sites is 1. The summed E-state index contributed by atoms with van der Waals surface area (Å²) in [7, 11) is 1.64. The van der Waals surface area contributed by atoms with Crippen LogP contribution >= 0.6 is 15.9 Å². The minimum Gasteiger partial charge on any atom is -0.496 e. The number of nitrogens with one attached hydrogen (secondary N) is 1. The van der Waals surface area contributed by atoms with E-state index in [1.54, 1.807) is 7.11 Å². The number of benzene rings is 2. The molecule has 0 aromatic heterocycles. The van der Waals surface area contributed by atoms with Crippen LogP contribution in [0.5, 0.6) is 5.75 Å². The molecule has 0 radical (unpaired) electrons. The van der Waals surface area contributed by atoms with Crippen LogP contribution in [0.4, 0.5) is 5.69 Å². The van der Waals surface area contributed by atoms with Gasteiger partial charge in [0.2, 0.25) is 5.91 Å². The molecule has 4 heteroatoms. The second-order valence-electron chi connectivity index (χ2n) is 6.21. The maximum absolute atomic E-state index is 12.4. The summed E-state index contributed by atoms with van der Waals surface area (Å²) in [5.41, 5.74) is 4.33. The van der Waals surface area contributed by atoms with Gasteiger partial charge in [-0.15, -0.1) is 0 Å². The third kappa shape index (κ3) is 4.60. The summed E-state index contributed by atoms with van der Waals surface area (Å²) in [6.45, 7) is 6.31. The Bertz CT molecular complexity index is 726. The summed E-state index contributed by atoms with van der Waals surface area (Å²) in [4.78, 5) is 12.4. The molecule has 0 fully saturated rings. The van der Waals surface area contributed by atoms with Crippen LogP contribution in [-0.4, -0.2) is 13.0 Å². The third-order valence-electron chi connectivity index (χ3n) is 4.05. The lowest BCUT2D eigenvalue weighted by molar-refractivity contribution is -0.116. The Balaban J connectivity index is 2.03. The van der Waals surface area contributed by atoms with E-state index in [0.717, 1.165) is 27.0 Å². The number of halogens is 1. The number of methoxy groups -OCH3 is 1. The molecule has 24 heavy (non-hydrogen) atoms. The van der Waals surface area contributed by atoms with E-state index in [9.17, 15) is 4.79 Å². The van der Waals surface area contributed by atoms with Crippen LogP contribution in [0.2, 0.25) is 0 Å². The average molecular weight is 390 g/mol. The van der Waals surface area contributed by atoms with E-state index >= 15 is 0 Å². The molecule has 0 bridgehead atoms. The van der Waals surface area contributed by atoms with Crippen molar-refractivity contribution in [2.45, 2.75) is 39.5 Å². The molecular weight excluding hydrogens is 366 g/mol. The van der Waals surface area contributed by atoms with Gasteiger partial charge in [-0.2, -0.15) is 0 Å². The van der Waals surface area contributed by atoms with E-state index in [2.05, 4.69) is 41.2 Å². The Hall–Kier alpha value is -1.81. The number of anilines is 1. The van der Waals surface area contributed by atoms with E-state index in [4.69, 9.17) is 4.74 Å². The number of aryl methyl sites for hydroxylation is 2. The first-order valence-electron chi connectivity index (χ1n) is 8.14. The first-order chi connectivity index (χ1) is 11.4. The Morgan fingerprint density at radius 2 is 2.00 bits per heavy atom. The molecule has 2 aromatic carbocycles. The smallest absolute Gasteiger partial charge is 0.224 e. The van der Waals surface area contributed by atoms with Crippen molar-refractivity contribution >= 4 is 27.5 Å². The Morgan fingerprint density at radius 3 is 2.62 bits per heavy atom. The maximum Gasteiger partial charge on any atom is 0.224 e. The largest absolute Gasteiger partial charge is 0.496 e. The van der Waals surface area contributed by atoms with Crippen molar-refractivity contribution in [1.82, 2.24) is 0 Å². The zero-order chi connectivity index (χ0) is 17.7. The lowest BCUT2D eigenvalue weighted by Gasteiger charge is -2.16. The minimum absolute atomic E-state index is 0.0399. The summed E-state index contributed by atoms with van der Waals surface area (Å²) in [5, 5.41) is 3.09. The van der Waals surface area contributed by atoms with Gasteiger partial charge in [-0.1, -0.05) is 38.1 Å². The summed E-state index contributed by atoms with van der Waals surface area (Å²) in [5.74, 6) is 1.21. The number of rotatable bonds is 6. The normalized spacial score (nSPS) is 10.8. The van der Waals surface area contributed by atoms with Crippen molar-refractivity contribution in [3.63, 3.8) is 0 Å². The average Bonchev–Trinajstić information content (AvgIpc) is 2.54. The molecule has 0 unspecified atom stereocenters. The molecule has 0 spiro atoms. The van der Waals surface area contributed by atoms with Gasteiger partial charge in [0.05, 0.1) is 11.6 Å². The number of carbonyl (C=O) groups excluding carboxylic acids is 1. The van der Waals surface area contributed by atoms with Crippen molar-refractivity contribution in [3.05, 3.63) is 57.6 Å². The van der Waals surface area contributed by atoms with E-state index < -0.39 is 0 Å². The number of carbonyl (C=O) groups is 1. The Kier molecular flexibility index (Phi) is 6.44. The molecule has 3 nitrogen and oxygen atoms in total. The minimum atomic E-state index is 0.0399. The predicted molar refractivity (Wildman–Crippen MR) is 103 cm³/mol. The fraction of sp³-hybridized carbons (Fsp3) is 0.350. The molecule has 2 aromatic rings. The van der Waals surface area contributed by atoms with Gasteiger partial charge in [0.1, 0.15) is 5.75 Å². The van der Waals surface area contributed by atoms with E-state index in [1.165, 1.54) is 5.56 Å². The zero-order valence-electron chi connectivity index (χ0n) is 14.7. The second-order valence-corrected chi connectivity index (χ2v) is 7.07. The molecule has 0 atom stereocenters. The highest BCUT2D eigenvalue weighted by Gasteiger charge is 2.12. The molecule has 0 heterocycles. The highest BCUT2D eigenvalue weighted by Crippen LogP contribution is 2.28. The van der Waals surface area contributed by atoms with Gasteiger partial charge in [-0.25, -0.2) is 0 Å². The molecule has 1 N–H and O–H groups in total. The van der Waals surface area contributed by atoms with Gasteiger partial charge in [0, 0.05) is 12.1 Å². The van der Waals surface area contributed by atoms with Gasteiger partial charge < -0.3 is 10.1 Å². The van der Waals surface area contributed by atoms with Crippen LogP contribution in [0.3, 0.4) is 0 Å². The van der Waals surface area contributed by atoms with Crippen LogP contribution in [-0.2, 0) is 11.2 Å². The van der Waals surface area contributed by atoms with Crippen molar-refractivity contribution < 1.29 is 9.53 Å². The van der Waals surface area contributed by atoms with E-state index in [-0.39, 0.29) is 5.91 Å². The molecule has 2 rings (SSSR count). The lowest BCUT2D eigenvalue weighted by atomic mass is 9.98. The fourth-order valence-corrected chi connectivity index (χ4v) is 3.26. The first kappa shape index (κ1) is 18.5. The molecule has 1 amide bonds. The predicted octanol–water partition coefficient (Wildman–Crippen LogP) is 5.46. The number of amides is 1. The summed E-state index contributed by atoms with van der Waals surface area (Å²) in [6.07, 6.45) is 1.14. The topological polar surface area (TPSA) is 38.3 Å². The number of hydrogen-bond acceptors (Lipinski definition) is 2. The number of ether oxygens (including phenoxy) is 1. The third-order valence-corrected chi connectivity index (χ3v) is 4.67. The molecule has 0 saturated carbocycles. The lowest BCUT2D eigenvalue weighted by Crippen LogP contribution is -2.15. The van der Waals surface area contributed by atoms with Crippen molar-refractivity contribution in [1.29, 1.82) is 0 Å². The second kappa shape index (κ2) is 8.34. The summed E-state index contributed by atoms with van der Waals surface area (Å²) < 4.78 is 6.13. The maximum atomic E-state index is 12.4. The number of hydrogen-bond donors (Lipinski definition) is 1. The van der Waals surface area contributed by atoms with Gasteiger partial charge >= 0.3 is 0 Å². The van der Waals surface area contributed by atoms with Crippen LogP contribution in [0.25, 0.3) is 0 Å². The van der Waals surface area contributed by atoms with Crippen LogP contribution < -0.4 is 10.1 Å². The Labute approximate surface area is 152 Å². The molecule has 128 valence electrons. The monoisotopic (exact) mass is 389 g/mol. The Morgan fingerprint density at radius 1 is 1.25 bits per heavy atom. The van der Waals surface area contributed by atoms with E-state index in [0.29, 0.717) is 18.8 Å². The van der Waals surface area contributed by atoms with Crippen molar-refractivity contribution in [3.8, 4) is 5.75 Å². The highest BCUT2D eigenvalue weighted by atomic mass is 79.9. The molecule has 0 aliphatic heterocycles. The first-order valence-corrected chi connectivity index (χ1v) is 8.93. The molecule has 0 aliphatic carbocycles. The highest BCUT2D eigenvalue weighted by molar-refractivity contribution is 9.10. The van der Waals surface area contributed by atoms with E-state index in [1.807, 2.05) is 37.3 Å². The van der Waals surface area contributed by atoms with Crippen LogP contribution in [0, 0.1) is 6.92 Å². The fourth-order valence-electron chi connectivity index (χ4n) is 2.67. The summed E-state index contributed by atoms with van der Waals surface area (Å²) >= 11 is 3.48. The van der Waals surface area contributed by atoms with Crippen LogP contribution in [0.15, 0.2) is 40.9 Å². The summed E-state index contributed by atoms with van der Waals surface area (Å²) in [6, 6.07) is 12.0. The van der Waals surface area contributed by atoms with Gasteiger partial charge in [-0.3, -0.25) is 4.79 Å². The SMILES string of the molecule is COc1ccc(CCC(=O)Nc2c(C)cccc2C(C)C)cc1Br. The van der Waals surface area contributed by atoms with Crippen molar-refractivity contribution in [2.75, 3.05) is 12.4 Å². The quantitative estimate of drug-likeness (QED) is 0.711. The van der Waals surface area contributed by atoms with Gasteiger partial charge in [-0.05, 0) is 64.0 Å². The van der Waals surface area contributed by atoms with Gasteiger partial charge in [0.25, 0.3) is 0 Å². The van der Waals surface area contributed by atoms with Gasteiger partial charge in [0.15, 0.2) is 0 Å². The van der Waals surface area contributed by atoms with Crippen LogP contribution in [0.1, 0.15) is 42.9 Å². The van der Waals surface area contributed by atoms with Crippen molar-refractivity contribution in [2.24, 2.45) is 0 Å². The molecular formula is C20H24BrNO2. The zero-order valence-corrected chi connectivity index (χ0v) is 16.2. The standard InChI is InChI=1S/C20H24BrNO2/c1-13(2)16-7-5-6-14(3)20(16)22-19(23)11-9-15-8-10-18(24-4)17(21)12-15/h5-8,10,12-13H,9,11H2,1-4H3,(H,22,23). The molecule has 0 saturated heterocycles. The molecule has 0 aliphatic rings.